The van der Waals surface area contributed by atoms with Gasteiger partial charge in [-0.2, -0.15) is 5.10 Å². The van der Waals surface area contributed by atoms with E-state index in [-0.39, 0.29) is 5.38 Å². The van der Waals surface area contributed by atoms with E-state index < -0.39 is 0 Å². The first-order chi connectivity index (χ1) is 14.8. The molecule has 4 heterocycles. The summed E-state index contributed by atoms with van der Waals surface area (Å²) in [6.45, 7) is 3.78. The van der Waals surface area contributed by atoms with Crippen LogP contribution in [0.25, 0.3) is 5.82 Å². The van der Waals surface area contributed by atoms with Crippen molar-refractivity contribution >= 4 is 29.5 Å². The Balaban J connectivity index is 1.02. The Bertz CT molecular complexity index is 886. The van der Waals surface area contributed by atoms with Gasteiger partial charge in [-0.3, -0.25) is 0 Å². The molecule has 158 valence electrons. The lowest BCUT2D eigenvalue weighted by molar-refractivity contribution is 0.236. The number of hydrogen-bond donors (Lipinski definition) is 1. The van der Waals surface area contributed by atoms with E-state index in [1.54, 1.807) is 11.0 Å². The summed E-state index contributed by atoms with van der Waals surface area (Å²) < 4.78 is 1.66. The van der Waals surface area contributed by atoms with E-state index in [1.807, 2.05) is 24.5 Å². The minimum Gasteiger partial charge on any atom is -0.384 e. The zero-order valence-electron chi connectivity index (χ0n) is 16.9. The molecule has 8 nitrogen and oxygen atoms in total. The summed E-state index contributed by atoms with van der Waals surface area (Å²) in [4.78, 5) is 19.6. The second-order valence-electron chi connectivity index (χ2n) is 8.38. The van der Waals surface area contributed by atoms with E-state index in [9.17, 15) is 0 Å². The van der Waals surface area contributed by atoms with Crippen LogP contribution in [0, 0.1) is 17.8 Å². The third-order valence-electron chi connectivity index (χ3n) is 6.41. The lowest BCUT2D eigenvalue weighted by Gasteiger charge is -2.33. The molecule has 0 spiro atoms. The first kappa shape index (κ1) is 19.5. The van der Waals surface area contributed by atoms with Gasteiger partial charge >= 0.3 is 0 Å². The average molecular weight is 427 g/mol. The molecule has 0 bridgehead atoms. The van der Waals surface area contributed by atoms with Crippen LogP contribution < -0.4 is 5.32 Å². The number of hydrogen-bond acceptors (Lipinski definition) is 7. The van der Waals surface area contributed by atoms with Crippen LogP contribution >= 0.6 is 11.6 Å². The molecule has 1 unspecified atom stereocenters. The Kier molecular flexibility index (Phi) is 5.66. The number of likely N-dealkylation sites (tertiary alicyclic amines) is 1. The molecule has 5 rings (SSSR count). The molecule has 3 atom stereocenters. The number of pyridine rings is 1. The SMILES string of the molecule is ClC1C=NC(N2CCC([C@H]3C[C@@H]3CCNc3ccc(-n4cncn4)nc3)CC2)=NC1. The molecule has 0 aromatic carbocycles. The van der Waals surface area contributed by atoms with Crippen LogP contribution in [-0.2, 0) is 0 Å². The molecule has 1 N–H and O–H groups in total. The van der Waals surface area contributed by atoms with Crippen LogP contribution in [0.4, 0.5) is 5.69 Å². The molecule has 1 saturated heterocycles. The first-order valence-corrected chi connectivity index (χ1v) is 11.2. The number of aliphatic imine (C=N–C) groups is 2. The van der Waals surface area contributed by atoms with Crippen LogP contribution in [-0.4, -0.2) is 68.4 Å². The second-order valence-corrected chi connectivity index (χ2v) is 8.94. The fourth-order valence-corrected chi connectivity index (χ4v) is 4.77. The minimum absolute atomic E-state index is 0.0467. The number of guanidine groups is 1. The highest BCUT2D eigenvalue weighted by atomic mass is 35.5. The van der Waals surface area contributed by atoms with Crippen LogP contribution in [0.3, 0.4) is 0 Å². The summed E-state index contributed by atoms with van der Waals surface area (Å²) in [5.74, 6) is 4.26. The van der Waals surface area contributed by atoms with Crippen molar-refractivity contribution in [2.45, 2.75) is 31.1 Å². The lowest BCUT2D eigenvalue weighted by Crippen LogP contribution is -2.39. The Morgan fingerprint density at radius 3 is 2.80 bits per heavy atom. The van der Waals surface area contributed by atoms with Crippen molar-refractivity contribution in [3.63, 3.8) is 0 Å². The van der Waals surface area contributed by atoms with E-state index in [4.69, 9.17) is 11.6 Å². The monoisotopic (exact) mass is 426 g/mol. The summed E-state index contributed by atoms with van der Waals surface area (Å²) in [5, 5.41) is 7.56. The van der Waals surface area contributed by atoms with Gasteiger partial charge in [0, 0.05) is 25.8 Å². The van der Waals surface area contributed by atoms with Gasteiger partial charge in [-0.25, -0.2) is 24.6 Å². The van der Waals surface area contributed by atoms with Crippen LogP contribution in [0.1, 0.15) is 25.7 Å². The van der Waals surface area contributed by atoms with Gasteiger partial charge in [0.05, 0.1) is 23.8 Å². The Hall–Kier alpha value is -2.48. The zero-order valence-corrected chi connectivity index (χ0v) is 17.7. The molecule has 9 heteroatoms. The maximum Gasteiger partial charge on any atom is 0.220 e. The third kappa shape index (κ3) is 4.48. The van der Waals surface area contributed by atoms with Crippen LogP contribution in [0.2, 0.25) is 0 Å². The summed E-state index contributed by atoms with van der Waals surface area (Å²) >= 11 is 6.03. The number of rotatable bonds is 6. The van der Waals surface area contributed by atoms with Gasteiger partial charge in [0.15, 0.2) is 5.82 Å². The maximum atomic E-state index is 6.03. The summed E-state index contributed by atoms with van der Waals surface area (Å²) in [5.41, 5.74) is 1.05. The van der Waals surface area contributed by atoms with Gasteiger partial charge < -0.3 is 10.2 Å². The fraction of sp³-hybridized carbons (Fsp3) is 0.571. The average Bonchev–Trinajstić information content (AvgIpc) is 3.34. The number of piperidine rings is 1. The van der Waals surface area contributed by atoms with E-state index in [0.29, 0.717) is 6.54 Å². The molecule has 3 aliphatic rings. The number of anilines is 1. The predicted molar refractivity (Wildman–Crippen MR) is 119 cm³/mol. The summed E-state index contributed by atoms with van der Waals surface area (Å²) in [6, 6.07) is 4.01. The van der Waals surface area contributed by atoms with Crippen molar-refractivity contribution in [1.29, 1.82) is 0 Å². The first-order valence-electron chi connectivity index (χ1n) is 10.8. The highest BCUT2D eigenvalue weighted by Gasteiger charge is 2.43. The van der Waals surface area contributed by atoms with Gasteiger partial charge in [0.1, 0.15) is 12.7 Å². The summed E-state index contributed by atoms with van der Waals surface area (Å²) in [6.07, 6.45) is 11.9. The smallest absolute Gasteiger partial charge is 0.220 e. The molecule has 1 saturated carbocycles. The van der Waals surface area contributed by atoms with Gasteiger partial charge in [-0.1, -0.05) is 0 Å². The van der Waals surface area contributed by atoms with Gasteiger partial charge in [0.2, 0.25) is 5.96 Å². The van der Waals surface area contributed by atoms with Crippen molar-refractivity contribution < 1.29 is 0 Å². The third-order valence-corrected chi connectivity index (χ3v) is 6.66. The topological polar surface area (TPSA) is 83.6 Å². The quantitative estimate of drug-likeness (QED) is 0.718. The molecule has 30 heavy (non-hydrogen) atoms. The second kappa shape index (κ2) is 8.71. The lowest BCUT2D eigenvalue weighted by atomic mass is 9.90. The van der Waals surface area contributed by atoms with Crippen molar-refractivity contribution in [2.24, 2.45) is 27.7 Å². The van der Waals surface area contributed by atoms with Crippen LogP contribution in [0.15, 0.2) is 41.0 Å². The molecule has 2 aliphatic heterocycles. The maximum absolute atomic E-state index is 6.03. The molecular weight excluding hydrogens is 400 g/mol. The number of aromatic nitrogens is 4. The van der Waals surface area contributed by atoms with E-state index in [0.717, 1.165) is 54.9 Å². The van der Waals surface area contributed by atoms with Gasteiger partial charge in [-0.15, -0.1) is 11.6 Å². The molecule has 2 aromatic heterocycles. The number of alkyl halides is 1. The van der Waals surface area contributed by atoms with Crippen molar-refractivity contribution in [1.82, 2.24) is 24.6 Å². The molecule has 2 aromatic rings. The number of nitrogens with zero attached hydrogens (tertiary/aromatic N) is 7. The van der Waals surface area contributed by atoms with Crippen LogP contribution in [0.5, 0.6) is 0 Å². The fourth-order valence-electron chi connectivity index (χ4n) is 4.65. The molecule has 2 fully saturated rings. The van der Waals surface area contributed by atoms with E-state index in [1.165, 1.54) is 32.0 Å². The molecule has 0 amide bonds. The van der Waals surface area contributed by atoms with Crippen molar-refractivity contribution in [3.05, 3.63) is 31.0 Å². The minimum atomic E-state index is -0.0467. The van der Waals surface area contributed by atoms with Gasteiger partial charge in [-0.05, 0) is 55.6 Å². The molecule has 1 aliphatic carbocycles. The van der Waals surface area contributed by atoms with E-state index in [2.05, 4.69) is 35.3 Å². The zero-order chi connectivity index (χ0) is 20.3. The standard InChI is InChI=1S/C21H27ClN8/c22-17-10-26-21(27-11-17)29-7-4-15(5-8-29)19-9-16(19)3-6-24-18-1-2-20(25-12-18)30-14-23-13-28-30/h1-2,10,12-17,19,24H,3-9,11H2/t16-,17?,19+/m0/s1. The van der Waals surface area contributed by atoms with Crippen molar-refractivity contribution in [3.8, 4) is 5.82 Å². The predicted octanol–water partition coefficient (Wildman–Crippen LogP) is 2.86. The molecular formula is C21H27ClN8. The Morgan fingerprint density at radius 2 is 2.10 bits per heavy atom. The largest absolute Gasteiger partial charge is 0.384 e. The van der Waals surface area contributed by atoms with Gasteiger partial charge in [0.25, 0.3) is 0 Å². The van der Waals surface area contributed by atoms with E-state index >= 15 is 0 Å². The number of halogens is 1. The normalized spacial score (nSPS) is 26.5. The summed E-state index contributed by atoms with van der Waals surface area (Å²) in [7, 11) is 0. The molecule has 0 radical (unpaired) electrons. The highest BCUT2D eigenvalue weighted by molar-refractivity contribution is 6.29. The Morgan fingerprint density at radius 1 is 1.20 bits per heavy atom. The van der Waals surface area contributed by atoms with Crippen molar-refractivity contribution in [2.75, 3.05) is 31.5 Å². The highest BCUT2D eigenvalue weighted by Crippen LogP contribution is 2.49. The Labute approximate surface area is 181 Å². The number of nitrogens with one attached hydrogen (secondary N) is 1.